The molecule has 19 atom stereocenters. The van der Waals surface area contributed by atoms with Gasteiger partial charge in [-0.1, -0.05) is 0 Å². The van der Waals surface area contributed by atoms with E-state index < -0.39 is 129 Å². The lowest BCUT2D eigenvalue weighted by Gasteiger charge is -2.47. The predicted molar refractivity (Wildman–Crippen MR) is 136 cm³/mol. The van der Waals surface area contributed by atoms with Crippen molar-refractivity contribution in [3.63, 3.8) is 0 Å². The fraction of sp³-hybridized carbons (Fsp3) is 1.00. The van der Waals surface area contributed by atoms with E-state index in [2.05, 4.69) is 0 Å². The van der Waals surface area contributed by atoms with E-state index in [0.29, 0.717) is 0 Å². The molecule has 3 heterocycles. The Hall–Kier alpha value is -0.760. The zero-order valence-corrected chi connectivity index (χ0v) is 22.7. The number of hydrogen-bond donors (Lipinski definition) is 13. The second-order valence-corrected chi connectivity index (χ2v) is 11.2. The first-order valence-corrected chi connectivity index (χ1v) is 13.8. The average molecular weight is 616 g/mol. The molecular formula is C23H45N5O14. The topological polar surface area (TPSA) is 347 Å². The molecule has 4 aliphatic rings. The second-order valence-electron chi connectivity index (χ2n) is 11.2. The van der Waals surface area contributed by atoms with E-state index in [9.17, 15) is 40.9 Å². The minimum Gasteiger partial charge on any atom is -0.394 e. The number of nitrogens with two attached hydrogens (primary N) is 5. The van der Waals surface area contributed by atoms with Gasteiger partial charge in [0.05, 0.1) is 31.4 Å². The van der Waals surface area contributed by atoms with Crippen LogP contribution in [0.2, 0.25) is 0 Å². The van der Waals surface area contributed by atoms with Crippen molar-refractivity contribution in [2.24, 2.45) is 28.7 Å². The smallest absolute Gasteiger partial charge is 0.187 e. The lowest BCUT2D eigenvalue weighted by molar-refractivity contribution is -0.310. The van der Waals surface area contributed by atoms with Gasteiger partial charge in [-0.25, -0.2) is 0 Å². The molecule has 0 aromatic carbocycles. The molecule has 0 radical (unpaired) electrons. The molecule has 246 valence electrons. The molecule has 19 heteroatoms. The summed E-state index contributed by atoms with van der Waals surface area (Å²) < 4.78 is 34.4. The third-order valence-corrected chi connectivity index (χ3v) is 8.32. The molecule has 0 amide bonds. The predicted octanol–water partition coefficient (Wildman–Crippen LogP) is -8.86. The SMILES string of the molecule is NCC1OC(O[C@@H]2[C@H](O)[C@H](OC3C(O)C(N)CC(N)C3OC3OC(CO)C(O)C(O)C3N)O[C@@H]2CO)C(N)C(O)C1O. The van der Waals surface area contributed by atoms with E-state index in [-0.39, 0.29) is 13.0 Å². The van der Waals surface area contributed by atoms with Crippen molar-refractivity contribution in [3.8, 4) is 0 Å². The van der Waals surface area contributed by atoms with Crippen LogP contribution in [-0.2, 0) is 28.4 Å². The standard InChI is InChI=1S/C23H45N5O14/c24-2-7-13(32)15(34)10(27)21(37-7)41-19-9(4-30)39-23(17(19)36)42-20-12(31)5(25)1-6(26)18(20)40-22-11(28)16(35)14(33)8(3-29)38-22/h5-23,29-36H,1-4,24-28H2/t5?,6?,7?,8?,9-,10?,11?,12?,13?,14?,15?,16?,17+,18?,19+,20?,21?,22?,23+/m1/s1. The summed E-state index contributed by atoms with van der Waals surface area (Å²) >= 11 is 0. The Morgan fingerprint density at radius 2 is 1.00 bits per heavy atom. The number of aliphatic hydroxyl groups is 8. The summed E-state index contributed by atoms with van der Waals surface area (Å²) in [5.74, 6) is 0. The van der Waals surface area contributed by atoms with Crippen LogP contribution in [-0.4, -0.2) is 177 Å². The van der Waals surface area contributed by atoms with Crippen LogP contribution >= 0.6 is 0 Å². The first kappa shape index (κ1) is 34.1. The largest absolute Gasteiger partial charge is 0.394 e. The molecule has 4 fully saturated rings. The van der Waals surface area contributed by atoms with Gasteiger partial charge >= 0.3 is 0 Å². The summed E-state index contributed by atoms with van der Waals surface area (Å²) in [5.41, 5.74) is 29.9. The van der Waals surface area contributed by atoms with Crippen molar-refractivity contribution in [1.29, 1.82) is 0 Å². The Morgan fingerprint density at radius 3 is 1.55 bits per heavy atom. The summed E-state index contributed by atoms with van der Waals surface area (Å²) in [6.45, 7) is -1.49. The van der Waals surface area contributed by atoms with Crippen molar-refractivity contribution in [1.82, 2.24) is 0 Å². The van der Waals surface area contributed by atoms with Crippen molar-refractivity contribution in [2.75, 3.05) is 19.8 Å². The van der Waals surface area contributed by atoms with E-state index in [4.69, 9.17) is 57.1 Å². The van der Waals surface area contributed by atoms with Crippen LogP contribution in [0.1, 0.15) is 6.42 Å². The minimum atomic E-state index is -1.62. The fourth-order valence-corrected chi connectivity index (χ4v) is 5.70. The first-order chi connectivity index (χ1) is 19.8. The lowest BCUT2D eigenvalue weighted by atomic mass is 9.84. The summed E-state index contributed by atoms with van der Waals surface area (Å²) in [4.78, 5) is 0. The third kappa shape index (κ3) is 6.60. The highest BCUT2D eigenvalue weighted by atomic mass is 16.8. The molecule has 18 N–H and O–H groups in total. The quantitative estimate of drug-likeness (QED) is 0.114. The van der Waals surface area contributed by atoms with Gasteiger partial charge in [-0.15, -0.1) is 0 Å². The van der Waals surface area contributed by atoms with Gasteiger partial charge in [-0.3, -0.25) is 0 Å². The molecule has 1 saturated carbocycles. The van der Waals surface area contributed by atoms with Gasteiger partial charge in [0.25, 0.3) is 0 Å². The Morgan fingerprint density at radius 1 is 0.524 bits per heavy atom. The highest BCUT2D eigenvalue weighted by Gasteiger charge is 2.54. The van der Waals surface area contributed by atoms with Crippen LogP contribution in [0.5, 0.6) is 0 Å². The lowest BCUT2D eigenvalue weighted by Crippen LogP contribution is -2.68. The number of ether oxygens (including phenoxy) is 6. The van der Waals surface area contributed by atoms with Crippen LogP contribution in [0.4, 0.5) is 0 Å². The molecule has 1 aliphatic carbocycles. The van der Waals surface area contributed by atoms with Crippen molar-refractivity contribution >= 4 is 0 Å². The maximum Gasteiger partial charge on any atom is 0.187 e. The average Bonchev–Trinajstić information content (AvgIpc) is 3.27. The number of rotatable bonds is 9. The van der Waals surface area contributed by atoms with Gasteiger partial charge in [0.15, 0.2) is 18.9 Å². The zero-order valence-electron chi connectivity index (χ0n) is 22.7. The fourth-order valence-electron chi connectivity index (χ4n) is 5.70. The summed E-state index contributed by atoms with van der Waals surface area (Å²) in [5, 5.41) is 82.3. The monoisotopic (exact) mass is 615 g/mol. The third-order valence-electron chi connectivity index (χ3n) is 8.32. The van der Waals surface area contributed by atoms with Gasteiger partial charge < -0.3 is 97.9 Å². The number of hydrogen-bond acceptors (Lipinski definition) is 19. The second kappa shape index (κ2) is 14.1. The molecule has 0 aromatic rings. The van der Waals surface area contributed by atoms with E-state index >= 15 is 0 Å². The Balaban J connectivity index is 1.50. The molecule has 3 saturated heterocycles. The summed E-state index contributed by atoms with van der Waals surface area (Å²) in [6, 6.07) is -4.30. The Bertz CT molecular complexity index is 866. The maximum absolute atomic E-state index is 11.1. The van der Waals surface area contributed by atoms with Gasteiger partial charge in [0, 0.05) is 18.6 Å². The van der Waals surface area contributed by atoms with Gasteiger partial charge in [-0.05, 0) is 6.42 Å². The van der Waals surface area contributed by atoms with Crippen LogP contribution in [0.3, 0.4) is 0 Å². The summed E-state index contributed by atoms with van der Waals surface area (Å²) in [7, 11) is 0. The van der Waals surface area contributed by atoms with Gasteiger partial charge in [0.1, 0.15) is 67.1 Å². The van der Waals surface area contributed by atoms with E-state index in [0.717, 1.165) is 0 Å². The maximum atomic E-state index is 11.1. The van der Waals surface area contributed by atoms with Crippen LogP contribution in [0.25, 0.3) is 0 Å². The number of aliphatic hydroxyl groups excluding tert-OH is 8. The van der Waals surface area contributed by atoms with Crippen LogP contribution in [0.15, 0.2) is 0 Å². The zero-order chi connectivity index (χ0) is 31.0. The Labute approximate surface area is 240 Å². The van der Waals surface area contributed by atoms with E-state index in [1.165, 1.54) is 0 Å². The molecule has 15 unspecified atom stereocenters. The van der Waals surface area contributed by atoms with Gasteiger partial charge in [0.2, 0.25) is 0 Å². The molecular weight excluding hydrogens is 570 g/mol. The van der Waals surface area contributed by atoms with Crippen molar-refractivity contribution < 1.29 is 69.3 Å². The van der Waals surface area contributed by atoms with Gasteiger partial charge in [-0.2, -0.15) is 0 Å². The van der Waals surface area contributed by atoms with Crippen LogP contribution in [0, 0.1) is 0 Å². The van der Waals surface area contributed by atoms with Crippen molar-refractivity contribution in [2.45, 2.75) is 123 Å². The van der Waals surface area contributed by atoms with E-state index in [1.807, 2.05) is 0 Å². The molecule has 0 bridgehead atoms. The molecule has 42 heavy (non-hydrogen) atoms. The normalized spacial score (nSPS) is 53.8. The molecule has 19 nitrogen and oxygen atoms in total. The first-order valence-electron chi connectivity index (χ1n) is 13.8. The minimum absolute atomic E-state index is 0.0642. The highest BCUT2D eigenvalue weighted by molar-refractivity contribution is 5.02. The van der Waals surface area contributed by atoms with Crippen LogP contribution < -0.4 is 28.7 Å². The molecule has 4 rings (SSSR count). The van der Waals surface area contributed by atoms with Crippen molar-refractivity contribution in [3.05, 3.63) is 0 Å². The Kier molecular flexibility index (Phi) is 11.5. The highest BCUT2D eigenvalue weighted by Crippen LogP contribution is 2.34. The van der Waals surface area contributed by atoms with E-state index in [1.54, 1.807) is 0 Å². The summed E-state index contributed by atoms with van der Waals surface area (Å²) in [6.07, 6.45) is -20.5. The molecule has 3 aliphatic heterocycles. The molecule has 0 spiro atoms. The molecule has 0 aromatic heterocycles.